The zero-order valence-electron chi connectivity index (χ0n) is 16.0. The first-order valence-electron chi connectivity index (χ1n) is 8.96. The van der Waals surface area contributed by atoms with E-state index in [0.29, 0.717) is 23.4 Å². The van der Waals surface area contributed by atoms with Gasteiger partial charge in [0.1, 0.15) is 17.5 Å². The standard InChI is InChI=1S/C21H20F3N3O2/c1-13-11-25-27(12-15-10-16(22)5-6-17(15)23)21(13)26-20(28)8-4-14-3-7-19(29-2)18(24)9-14/h3,5-7,9-11H,4,8,12H2,1-2H3,(H,26,28). The van der Waals surface area contributed by atoms with E-state index in [1.165, 1.54) is 30.1 Å². The zero-order valence-corrected chi connectivity index (χ0v) is 16.0. The van der Waals surface area contributed by atoms with Crippen LogP contribution < -0.4 is 10.1 Å². The van der Waals surface area contributed by atoms with Crippen molar-refractivity contribution in [3.8, 4) is 5.75 Å². The van der Waals surface area contributed by atoms with Gasteiger partial charge in [0.15, 0.2) is 11.6 Å². The molecule has 1 aromatic heterocycles. The Morgan fingerprint density at radius 2 is 1.93 bits per heavy atom. The van der Waals surface area contributed by atoms with Crippen molar-refractivity contribution in [2.75, 3.05) is 12.4 Å². The van der Waals surface area contributed by atoms with Gasteiger partial charge in [0, 0.05) is 17.5 Å². The SMILES string of the molecule is COc1ccc(CCC(=O)Nc2c(C)cnn2Cc2cc(F)ccc2F)cc1F. The van der Waals surface area contributed by atoms with Crippen LogP contribution >= 0.6 is 0 Å². The lowest BCUT2D eigenvalue weighted by Gasteiger charge is -2.11. The molecule has 1 amide bonds. The minimum absolute atomic E-state index is 0.0310. The van der Waals surface area contributed by atoms with E-state index in [2.05, 4.69) is 10.4 Å². The Balaban J connectivity index is 1.67. The quantitative estimate of drug-likeness (QED) is 0.642. The van der Waals surface area contributed by atoms with Gasteiger partial charge in [-0.15, -0.1) is 0 Å². The van der Waals surface area contributed by atoms with Gasteiger partial charge in [0.05, 0.1) is 19.9 Å². The van der Waals surface area contributed by atoms with Gasteiger partial charge in [-0.05, 0) is 49.2 Å². The Bertz CT molecular complexity index is 1030. The summed E-state index contributed by atoms with van der Waals surface area (Å²) in [6.45, 7) is 1.72. The van der Waals surface area contributed by atoms with Crippen LogP contribution in [0.25, 0.3) is 0 Å². The maximum absolute atomic E-state index is 13.9. The highest BCUT2D eigenvalue weighted by Crippen LogP contribution is 2.20. The van der Waals surface area contributed by atoms with Gasteiger partial charge < -0.3 is 10.1 Å². The summed E-state index contributed by atoms with van der Waals surface area (Å²) in [6.07, 6.45) is 1.98. The third kappa shape index (κ3) is 4.96. The number of anilines is 1. The minimum Gasteiger partial charge on any atom is -0.494 e. The Hall–Kier alpha value is -3.29. The number of hydrogen-bond acceptors (Lipinski definition) is 3. The van der Waals surface area contributed by atoms with Crippen LogP contribution in [0, 0.1) is 24.4 Å². The summed E-state index contributed by atoms with van der Waals surface area (Å²) < 4.78 is 47.4. The third-order valence-electron chi connectivity index (χ3n) is 4.47. The molecule has 0 spiro atoms. The van der Waals surface area contributed by atoms with E-state index >= 15 is 0 Å². The van der Waals surface area contributed by atoms with E-state index in [1.807, 2.05) is 0 Å². The molecule has 1 heterocycles. The van der Waals surface area contributed by atoms with Gasteiger partial charge in [-0.2, -0.15) is 5.10 Å². The summed E-state index contributed by atoms with van der Waals surface area (Å²) in [5.74, 6) is -1.36. The number of carbonyl (C=O) groups excluding carboxylic acids is 1. The van der Waals surface area contributed by atoms with Crippen LogP contribution in [-0.2, 0) is 17.8 Å². The highest BCUT2D eigenvalue weighted by Gasteiger charge is 2.14. The number of nitrogens with one attached hydrogen (secondary N) is 1. The van der Waals surface area contributed by atoms with E-state index < -0.39 is 17.5 Å². The molecule has 0 aliphatic rings. The van der Waals surface area contributed by atoms with Gasteiger partial charge in [-0.1, -0.05) is 6.07 Å². The fourth-order valence-electron chi connectivity index (χ4n) is 2.91. The molecular formula is C21H20F3N3O2. The Kier molecular flexibility index (Phi) is 6.21. The molecule has 152 valence electrons. The summed E-state index contributed by atoms with van der Waals surface area (Å²) in [7, 11) is 1.38. The number of nitrogens with zero attached hydrogens (tertiary/aromatic N) is 2. The highest BCUT2D eigenvalue weighted by atomic mass is 19.1. The number of benzene rings is 2. The number of aryl methyl sites for hydroxylation is 2. The van der Waals surface area contributed by atoms with Crippen LogP contribution in [0.5, 0.6) is 5.75 Å². The van der Waals surface area contributed by atoms with Crippen molar-refractivity contribution in [3.63, 3.8) is 0 Å². The Labute approximate surface area is 166 Å². The normalized spacial score (nSPS) is 10.8. The molecule has 0 saturated heterocycles. The number of carbonyl (C=O) groups is 1. The van der Waals surface area contributed by atoms with Crippen LogP contribution in [0.3, 0.4) is 0 Å². The molecule has 3 aromatic rings. The summed E-state index contributed by atoms with van der Waals surface area (Å²) in [6, 6.07) is 7.71. The molecule has 0 unspecified atom stereocenters. The van der Waals surface area contributed by atoms with E-state index in [9.17, 15) is 18.0 Å². The molecule has 0 radical (unpaired) electrons. The predicted octanol–water partition coefficient (Wildman–Crippen LogP) is 4.24. The average molecular weight is 403 g/mol. The van der Waals surface area contributed by atoms with E-state index in [1.54, 1.807) is 13.0 Å². The molecule has 0 aliphatic carbocycles. The first-order chi connectivity index (χ1) is 13.9. The summed E-state index contributed by atoms with van der Waals surface area (Å²) >= 11 is 0. The summed E-state index contributed by atoms with van der Waals surface area (Å²) in [5, 5.41) is 6.88. The smallest absolute Gasteiger partial charge is 0.225 e. The number of ether oxygens (including phenoxy) is 1. The van der Waals surface area contributed by atoms with Gasteiger partial charge in [0.25, 0.3) is 0 Å². The van der Waals surface area contributed by atoms with Crippen molar-refractivity contribution in [2.45, 2.75) is 26.3 Å². The number of hydrogen-bond donors (Lipinski definition) is 1. The van der Waals surface area contributed by atoms with Crippen molar-refractivity contribution in [3.05, 3.63) is 76.7 Å². The lowest BCUT2D eigenvalue weighted by molar-refractivity contribution is -0.116. The topological polar surface area (TPSA) is 56.1 Å². The van der Waals surface area contributed by atoms with Crippen molar-refractivity contribution in [1.82, 2.24) is 9.78 Å². The number of halogens is 3. The van der Waals surface area contributed by atoms with Crippen LogP contribution in [0.15, 0.2) is 42.6 Å². The lowest BCUT2D eigenvalue weighted by Crippen LogP contribution is -2.17. The predicted molar refractivity (Wildman–Crippen MR) is 102 cm³/mol. The molecule has 1 N–H and O–H groups in total. The van der Waals surface area contributed by atoms with Gasteiger partial charge in [-0.25, -0.2) is 17.9 Å². The molecule has 0 atom stereocenters. The largest absolute Gasteiger partial charge is 0.494 e. The monoisotopic (exact) mass is 403 g/mol. The van der Waals surface area contributed by atoms with Crippen molar-refractivity contribution in [1.29, 1.82) is 0 Å². The number of methoxy groups -OCH3 is 1. The number of rotatable bonds is 7. The van der Waals surface area contributed by atoms with Gasteiger partial charge in [-0.3, -0.25) is 4.79 Å². The molecule has 0 saturated carbocycles. The van der Waals surface area contributed by atoms with Crippen LogP contribution in [0.2, 0.25) is 0 Å². The fourth-order valence-corrected chi connectivity index (χ4v) is 2.91. The van der Waals surface area contributed by atoms with E-state index in [-0.39, 0.29) is 30.2 Å². The maximum atomic E-state index is 13.9. The first kappa shape index (κ1) is 20.4. The molecule has 3 rings (SSSR count). The fraction of sp³-hybridized carbons (Fsp3) is 0.238. The molecule has 0 bridgehead atoms. The van der Waals surface area contributed by atoms with Crippen molar-refractivity contribution < 1.29 is 22.7 Å². The second-order valence-corrected chi connectivity index (χ2v) is 6.59. The van der Waals surface area contributed by atoms with Crippen LogP contribution in [0.4, 0.5) is 19.0 Å². The zero-order chi connectivity index (χ0) is 21.0. The van der Waals surface area contributed by atoms with Crippen molar-refractivity contribution in [2.24, 2.45) is 0 Å². The summed E-state index contributed by atoms with van der Waals surface area (Å²) in [4.78, 5) is 12.4. The molecule has 29 heavy (non-hydrogen) atoms. The first-order valence-corrected chi connectivity index (χ1v) is 8.96. The molecular weight excluding hydrogens is 383 g/mol. The molecule has 2 aromatic carbocycles. The second kappa shape index (κ2) is 8.81. The van der Waals surface area contributed by atoms with Crippen LogP contribution in [0.1, 0.15) is 23.1 Å². The van der Waals surface area contributed by atoms with Gasteiger partial charge in [0.2, 0.25) is 5.91 Å². The molecule has 8 heteroatoms. The number of aromatic nitrogens is 2. The average Bonchev–Trinajstić information content (AvgIpc) is 3.02. The van der Waals surface area contributed by atoms with Crippen LogP contribution in [-0.4, -0.2) is 22.8 Å². The van der Waals surface area contributed by atoms with Crippen molar-refractivity contribution >= 4 is 11.7 Å². The minimum atomic E-state index is -0.557. The number of amides is 1. The highest BCUT2D eigenvalue weighted by molar-refractivity contribution is 5.90. The molecule has 0 aliphatic heterocycles. The molecule has 5 nitrogen and oxygen atoms in total. The third-order valence-corrected chi connectivity index (χ3v) is 4.47. The molecule has 0 fully saturated rings. The lowest BCUT2D eigenvalue weighted by atomic mass is 10.1. The van der Waals surface area contributed by atoms with E-state index in [4.69, 9.17) is 4.74 Å². The Morgan fingerprint density at radius 1 is 1.14 bits per heavy atom. The maximum Gasteiger partial charge on any atom is 0.225 e. The second-order valence-electron chi connectivity index (χ2n) is 6.59. The van der Waals surface area contributed by atoms with E-state index in [0.717, 1.165) is 18.2 Å². The summed E-state index contributed by atoms with van der Waals surface area (Å²) in [5.41, 5.74) is 1.47. The van der Waals surface area contributed by atoms with Gasteiger partial charge >= 0.3 is 0 Å². The Morgan fingerprint density at radius 3 is 2.66 bits per heavy atom.